The third-order valence-corrected chi connectivity index (χ3v) is 2.86. The maximum atomic E-state index is 11.6. The molecule has 2 rings (SSSR count). The Hall–Kier alpha value is -1.17. The van der Waals surface area contributed by atoms with Crippen molar-refractivity contribution in [1.29, 1.82) is 0 Å². The summed E-state index contributed by atoms with van der Waals surface area (Å²) in [5, 5.41) is 4.21. The first-order chi connectivity index (χ1) is 7.70. The van der Waals surface area contributed by atoms with Gasteiger partial charge < -0.3 is 0 Å². The molecule has 0 aliphatic carbocycles. The zero-order valence-electron chi connectivity index (χ0n) is 8.85. The van der Waals surface area contributed by atoms with E-state index in [1.165, 1.54) is 0 Å². The molecule has 3 nitrogen and oxygen atoms in total. The molecular formula is C12H11IN2O. The Balaban J connectivity index is 2.39. The van der Waals surface area contributed by atoms with Gasteiger partial charge in [0.15, 0.2) is 5.78 Å². The van der Waals surface area contributed by atoms with Crippen LogP contribution in [0.25, 0.3) is 5.69 Å². The Labute approximate surface area is 108 Å². The lowest BCUT2D eigenvalue weighted by atomic mass is 10.1. The van der Waals surface area contributed by atoms with Gasteiger partial charge in [0, 0.05) is 18.2 Å². The third-order valence-electron chi connectivity index (χ3n) is 2.30. The van der Waals surface area contributed by atoms with Gasteiger partial charge in [-0.15, -0.1) is 0 Å². The van der Waals surface area contributed by atoms with Gasteiger partial charge in [0.2, 0.25) is 0 Å². The summed E-state index contributed by atoms with van der Waals surface area (Å²) in [6.07, 6.45) is 4.24. The Bertz CT molecular complexity index is 519. The summed E-state index contributed by atoms with van der Waals surface area (Å²) in [5.74, 6) is 0.156. The molecule has 0 bridgehead atoms. The molecule has 0 atom stereocenters. The van der Waals surface area contributed by atoms with Crippen LogP contribution in [0.5, 0.6) is 0 Å². The number of rotatable bonds is 3. The Morgan fingerprint density at radius 1 is 1.50 bits per heavy atom. The van der Waals surface area contributed by atoms with Gasteiger partial charge in [-0.2, -0.15) is 5.10 Å². The zero-order chi connectivity index (χ0) is 11.5. The van der Waals surface area contributed by atoms with E-state index in [-0.39, 0.29) is 5.78 Å². The number of Topliss-reactive ketones (excluding diaryl/α,β-unsaturated/α-hetero) is 1. The van der Waals surface area contributed by atoms with Crippen molar-refractivity contribution in [2.24, 2.45) is 0 Å². The van der Waals surface area contributed by atoms with E-state index in [0.29, 0.717) is 6.42 Å². The average molecular weight is 326 g/mol. The fourth-order valence-corrected chi connectivity index (χ4v) is 1.86. The quantitative estimate of drug-likeness (QED) is 0.642. The number of halogens is 1. The summed E-state index contributed by atoms with van der Waals surface area (Å²) in [4.78, 5) is 11.6. The summed E-state index contributed by atoms with van der Waals surface area (Å²) in [6, 6.07) is 7.53. The van der Waals surface area contributed by atoms with Crippen LogP contribution in [0.4, 0.5) is 0 Å². The van der Waals surface area contributed by atoms with Crippen LogP contribution in [0.2, 0.25) is 0 Å². The molecule has 0 fully saturated rings. The van der Waals surface area contributed by atoms with Crippen LogP contribution in [0, 0.1) is 3.57 Å². The lowest BCUT2D eigenvalue weighted by Crippen LogP contribution is -2.00. The van der Waals surface area contributed by atoms with Gasteiger partial charge in [-0.25, -0.2) is 4.68 Å². The molecule has 2 aromatic rings. The molecule has 1 aromatic carbocycles. The molecule has 4 heteroatoms. The van der Waals surface area contributed by atoms with Crippen LogP contribution in [0.3, 0.4) is 0 Å². The standard InChI is InChI=1S/C12H11IN2O/c1-2-12(16)9-4-3-5-11(6-9)15-8-10(13)7-14-15/h3-8H,2H2,1H3. The lowest BCUT2D eigenvalue weighted by molar-refractivity contribution is 0.0988. The minimum Gasteiger partial charge on any atom is -0.294 e. The lowest BCUT2D eigenvalue weighted by Gasteiger charge is -2.03. The molecule has 82 valence electrons. The van der Waals surface area contributed by atoms with E-state index in [4.69, 9.17) is 0 Å². The van der Waals surface area contributed by atoms with Gasteiger partial charge in [-0.3, -0.25) is 4.79 Å². The molecule has 0 radical (unpaired) electrons. The van der Waals surface area contributed by atoms with Crippen molar-refractivity contribution < 1.29 is 4.79 Å². The minimum atomic E-state index is 0.156. The van der Waals surface area contributed by atoms with E-state index in [9.17, 15) is 4.79 Å². The second-order valence-electron chi connectivity index (χ2n) is 3.43. The van der Waals surface area contributed by atoms with Gasteiger partial charge in [0.25, 0.3) is 0 Å². The van der Waals surface area contributed by atoms with Crippen molar-refractivity contribution in [1.82, 2.24) is 9.78 Å². The van der Waals surface area contributed by atoms with Crippen molar-refractivity contribution in [2.75, 3.05) is 0 Å². The van der Waals surface area contributed by atoms with Gasteiger partial charge in [0.05, 0.1) is 15.5 Å². The van der Waals surface area contributed by atoms with Crippen LogP contribution >= 0.6 is 22.6 Å². The van der Waals surface area contributed by atoms with Crippen molar-refractivity contribution in [3.63, 3.8) is 0 Å². The van der Waals surface area contributed by atoms with Crippen LogP contribution < -0.4 is 0 Å². The Kier molecular flexibility index (Phi) is 3.38. The maximum absolute atomic E-state index is 11.6. The summed E-state index contributed by atoms with van der Waals surface area (Å²) >= 11 is 2.21. The first-order valence-corrected chi connectivity index (χ1v) is 6.12. The molecule has 1 aromatic heterocycles. The third kappa shape index (κ3) is 2.32. The largest absolute Gasteiger partial charge is 0.294 e. The molecule has 0 unspecified atom stereocenters. The number of hydrogen-bond acceptors (Lipinski definition) is 2. The second-order valence-corrected chi connectivity index (χ2v) is 4.68. The first-order valence-electron chi connectivity index (χ1n) is 5.04. The molecule has 0 N–H and O–H groups in total. The van der Waals surface area contributed by atoms with Gasteiger partial charge in [-0.1, -0.05) is 19.1 Å². The van der Waals surface area contributed by atoms with Gasteiger partial charge >= 0.3 is 0 Å². The molecule has 0 spiro atoms. The highest BCUT2D eigenvalue weighted by atomic mass is 127. The topological polar surface area (TPSA) is 34.9 Å². The van der Waals surface area contributed by atoms with E-state index in [0.717, 1.165) is 14.8 Å². The van der Waals surface area contributed by atoms with Crippen molar-refractivity contribution >= 4 is 28.4 Å². The van der Waals surface area contributed by atoms with Crippen LogP contribution in [0.15, 0.2) is 36.7 Å². The van der Waals surface area contributed by atoms with E-state index in [2.05, 4.69) is 27.7 Å². The SMILES string of the molecule is CCC(=O)c1cccc(-n2cc(I)cn2)c1. The molecule has 0 saturated carbocycles. The van der Waals surface area contributed by atoms with E-state index < -0.39 is 0 Å². The Morgan fingerprint density at radius 2 is 2.31 bits per heavy atom. The molecule has 0 aliphatic rings. The number of hydrogen-bond donors (Lipinski definition) is 0. The number of benzene rings is 1. The molecule has 16 heavy (non-hydrogen) atoms. The van der Waals surface area contributed by atoms with Crippen LogP contribution in [0.1, 0.15) is 23.7 Å². The maximum Gasteiger partial charge on any atom is 0.162 e. The van der Waals surface area contributed by atoms with E-state index >= 15 is 0 Å². The predicted molar refractivity (Wildman–Crippen MR) is 70.9 cm³/mol. The normalized spacial score (nSPS) is 10.4. The summed E-state index contributed by atoms with van der Waals surface area (Å²) in [5.41, 5.74) is 1.66. The van der Waals surface area contributed by atoms with Gasteiger partial charge in [0.1, 0.15) is 0 Å². The molecule has 0 aliphatic heterocycles. The number of carbonyl (C=O) groups excluding carboxylic acids is 1. The van der Waals surface area contributed by atoms with Crippen LogP contribution in [-0.2, 0) is 0 Å². The van der Waals surface area contributed by atoms with Crippen LogP contribution in [-0.4, -0.2) is 15.6 Å². The minimum absolute atomic E-state index is 0.156. The van der Waals surface area contributed by atoms with E-state index in [1.54, 1.807) is 10.9 Å². The highest BCUT2D eigenvalue weighted by Gasteiger charge is 2.05. The fraction of sp³-hybridized carbons (Fsp3) is 0.167. The molecule has 1 heterocycles. The smallest absolute Gasteiger partial charge is 0.162 e. The number of nitrogens with zero attached hydrogens (tertiary/aromatic N) is 2. The molecule has 0 saturated heterocycles. The predicted octanol–water partition coefficient (Wildman–Crippen LogP) is 3.07. The monoisotopic (exact) mass is 326 g/mol. The number of ketones is 1. The average Bonchev–Trinajstić information content (AvgIpc) is 2.75. The number of aromatic nitrogens is 2. The molecular weight excluding hydrogens is 315 g/mol. The summed E-state index contributed by atoms with van der Waals surface area (Å²) in [7, 11) is 0. The molecule has 0 amide bonds. The first kappa shape index (κ1) is 11.3. The van der Waals surface area contributed by atoms with E-state index in [1.807, 2.05) is 37.4 Å². The van der Waals surface area contributed by atoms with Crippen molar-refractivity contribution in [3.05, 3.63) is 45.8 Å². The zero-order valence-corrected chi connectivity index (χ0v) is 11.0. The fourth-order valence-electron chi connectivity index (χ4n) is 1.47. The second kappa shape index (κ2) is 4.78. The van der Waals surface area contributed by atoms with Gasteiger partial charge in [-0.05, 0) is 34.7 Å². The highest BCUT2D eigenvalue weighted by Crippen LogP contribution is 2.13. The Morgan fingerprint density at radius 3 is 2.94 bits per heavy atom. The number of carbonyl (C=O) groups is 1. The summed E-state index contributed by atoms with van der Waals surface area (Å²) in [6.45, 7) is 1.87. The highest BCUT2D eigenvalue weighted by molar-refractivity contribution is 14.1. The van der Waals surface area contributed by atoms with Crippen molar-refractivity contribution in [2.45, 2.75) is 13.3 Å². The summed E-state index contributed by atoms with van der Waals surface area (Å²) < 4.78 is 2.85. The van der Waals surface area contributed by atoms with Crippen molar-refractivity contribution in [3.8, 4) is 5.69 Å².